The predicted octanol–water partition coefficient (Wildman–Crippen LogP) is 1.70. The fourth-order valence-electron chi connectivity index (χ4n) is 2.82. The van der Waals surface area contributed by atoms with Gasteiger partial charge in [0.15, 0.2) is 5.69 Å². The maximum absolute atomic E-state index is 11.6. The zero-order valence-electron chi connectivity index (χ0n) is 14.4. The molecule has 0 saturated carbocycles. The minimum Gasteiger partial charge on any atom is -0.461 e. The molecule has 1 aromatic carbocycles. The summed E-state index contributed by atoms with van der Waals surface area (Å²) in [7, 11) is 0. The topological polar surface area (TPSA) is 63.5 Å². The third-order valence-electron chi connectivity index (χ3n) is 4.16. The van der Waals surface area contributed by atoms with Crippen molar-refractivity contribution in [3.8, 4) is 0 Å². The fourth-order valence-corrected chi connectivity index (χ4v) is 2.82. The van der Waals surface area contributed by atoms with Crippen LogP contribution in [0.4, 0.5) is 5.69 Å². The number of halogens is 1. The van der Waals surface area contributed by atoms with Crippen molar-refractivity contribution in [1.82, 2.24) is 19.9 Å². The standard InChI is InChI=1S/C17H23N5O2.ClH/c1-2-24-17(23)16-14-22(19-18-16)13-10-20-8-11-21(12-9-20)15-6-4-3-5-7-15;/h3-7,14H,2,8-13H2,1H3;1H. The molecule has 0 amide bonds. The molecule has 1 fully saturated rings. The van der Waals surface area contributed by atoms with Gasteiger partial charge in [0.2, 0.25) is 0 Å². The van der Waals surface area contributed by atoms with E-state index in [9.17, 15) is 4.79 Å². The summed E-state index contributed by atoms with van der Waals surface area (Å²) in [5.41, 5.74) is 1.55. The van der Waals surface area contributed by atoms with E-state index in [0.29, 0.717) is 6.61 Å². The van der Waals surface area contributed by atoms with Gasteiger partial charge < -0.3 is 9.64 Å². The Bertz CT molecular complexity index is 656. The number of hydrogen-bond donors (Lipinski definition) is 0. The Morgan fingerprint density at radius 3 is 2.52 bits per heavy atom. The molecule has 3 rings (SSSR count). The first kappa shape index (κ1) is 19.2. The third kappa shape index (κ3) is 5.17. The molecule has 1 aliphatic heterocycles. The lowest BCUT2D eigenvalue weighted by atomic mass is 10.2. The van der Waals surface area contributed by atoms with Crippen molar-refractivity contribution >= 4 is 24.1 Å². The molecule has 0 atom stereocenters. The number of piperazine rings is 1. The second-order valence-electron chi connectivity index (χ2n) is 5.75. The molecule has 1 aliphatic rings. The molecule has 2 heterocycles. The van der Waals surface area contributed by atoms with Crippen LogP contribution in [0.5, 0.6) is 0 Å². The summed E-state index contributed by atoms with van der Waals surface area (Å²) in [5, 5.41) is 7.86. The number of hydrogen-bond acceptors (Lipinski definition) is 6. The highest BCUT2D eigenvalue weighted by molar-refractivity contribution is 5.86. The van der Waals surface area contributed by atoms with Crippen LogP contribution in [0.1, 0.15) is 17.4 Å². The van der Waals surface area contributed by atoms with Gasteiger partial charge in [-0.25, -0.2) is 4.79 Å². The van der Waals surface area contributed by atoms with Gasteiger partial charge in [-0.2, -0.15) is 0 Å². The molecule has 0 radical (unpaired) electrons. The summed E-state index contributed by atoms with van der Waals surface area (Å²) in [4.78, 5) is 16.4. The van der Waals surface area contributed by atoms with E-state index >= 15 is 0 Å². The summed E-state index contributed by atoms with van der Waals surface area (Å²) in [6.45, 7) is 7.83. The lowest BCUT2D eigenvalue weighted by Gasteiger charge is -2.36. The zero-order valence-corrected chi connectivity index (χ0v) is 15.2. The maximum Gasteiger partial charge on any atom is 0.360 e. The number of aromatic nitrogens is 3. The number of rotatable bonds is 6. The van der Waals surface area contributed by atoms with Crippen LogP contribution in [0, 0.1) is 0 Å². The van der Waals surface area contributed by atoms with Crippen LogP contribution in [-0.2, 0) is 11.3 Å². The van der Waals surface area contributed by atoms with Crippen LogP contribution in [0.15, 0.2) is 36.5 Å². The first-order chi connectivity index (χ1) is 11.8. The van der Waals surface area contributed by atoms with Gasteiger partial charge in [0.1, 0.15) is 0 Å². The molecular formula is C17H24ClN5O2. The van der Waals surface area contributed by atoms with E-state index < -0.39 is 5.97 Å². The van der Waals surface area contributed by atoms with Gasteiger partial charge in [-0.05, 0) is 19.1 Å². The van der Waals surface area contributed by atoms with Crippen LogP contribution in [0.3, 0.4) is 0 Å². The Labute approximate surface area is 154 Å². The number of nitrogens with zero attached hydrogens (tertiary/aromatic N) is 5. The molecule has 1 saturated heterocycles. The molecular weight excluding hydrogens is 342 g/mol. The number of benzene rings is 1. The molecule has 136 valence electrons. The average Bonchev–Trinajstić information content (AvgIpc) is 3.11. The van der Waals surface area contributed by atoms with E-state index in [2.05, 4.69) is 44.4 Å². The highest BCUT2D eigenvalue weighted by Gasteiger charge is 2.17. The van der Waals surface area contributed by atoms with E-state index in [4.69, 9.17) is 4.74 Å². The SMILES string of the molecule is CCOC(=O)c1cn(CCN2CCN(c3ccccc3)CC2)nn1.Cl. The van der Waals surface area contributed by atoms with Crippen molar-refractivity contribution in [2.45, 2.75) is 13.5 Å². The largest absolute Gasteiger partial charge is 0.461 e. The van der Waals surface area contributed by atoms with Crippen LogP contribution in [0.25, 0.3) is 0 Å². The summed E-state index contributed by atoms with van der Waals surface area (Å²) in [6, 6.07) is 10.5. The van der Waals surface area contributed by atoms with Gasteiger partial charge in [-0.3, -0.25) is 9.58 Å². The lowest BCUT2D eigenvalue weighted by molar-refractivity contribution is 0.0519. The summed E-state index contributed by atoms with van der Waals surface area (Å²) in [5.74, 6) is -0.416. The summed E-state index contributed by atoms with van der Waals surface area (Å²) >= 11 is 0. The van der Waals surface area contributed by atoms with Crippen LogP contribution >= 0.6 is 12.4 Å². The van der Waals surface area contributed by atoms with Gasteiger partial charge in [-0.15, -0.1) is 17.5 Å². The number of esters is 1. The van der Waals surface area contributed by atoms with Gasteiger partial charge in [0.25, 0.3) is 0 Å². The van der Waals surface area contributed by atoms with E-state index in [-0.39, 0.29) is 18.1 Å². The zero-order chi connectivity index (χ0) is 16.8. The van der Waals surface area contributed by atoms with E-state index in [1.807, 2.05) is 6.07 Å². The second-order valence-corrected chi connectivity index (χ2v) is 5.75. The highest BCUT2D eigenvalue weighted by atomic mass is 35.5. The number of ether oxygens (including phenoxy) is 1. The van der Waals surface area contributed by atoms with Crippen LogP contribution in [0.2, 0.25) is 0 Å². The van der Waals surface area contributed by atoms with E-state index in [1.54, 1.807) is 17.8 Å². The van der Waals surface area contributed by atoms with Crippen molar-refractivity contribution < 1.29 is 9.53 Å². The van der Waals surface area contributed by atoms with Crippen molar-refractivity contribution in [1.29, 1.82) is 0 Å². The summed E-state index contributed by atoms with van der Waals surface area (Å²) < 4.78 is 6.62. The average molecular weight is 366 g/mol. The van der Waals surface area contributed by atoms with Crippen molar-refractivity contribution in [3.63, 3.8) is 0 Å². The predicted molar refractivity (Wildman–Crippen MR) is 98.3 cm³/mol. The number of anilines is 1. The fraction of sp³-hybridized carbons (Fsp3) is 0.471. The Kier molecular flexibility index (Phi) is 7.21. The lowest BCUT2D eigenvalue weighted by Crippen LogP contribution is -2.47. The van der Waals surface area contributed by atoms with Crippen LogP contribution < -0.4 is 4.90 Å². The first-order valence-electron chi connectivity index (χ1n) is 8.36. The molecule has 0 N–H and O–H groups in total. The molecule has 0 spiro atoms. The van der Waals surface area contributed by atoms with E-state index in [1.165, 1.54) is 5.69 Å². The number of carbonyl (C=O) groups excluding carboxylic acids is 1. The Hall–Kier alpha value is -2.12. The molecule has 0 unspecified atom stereocenters. The number of para-hydroxylation sites is 1. The van der Waals surface area contributed by atoms with Crippen LogP contribution in [-0.4, -0.2) is 65.2 Å². The van der Waals surface area contributed by atoms with Gasteiger partial charge >= 0.3 is 5.97 Å². The highest BCUT2D eigenvalue weighted by Crippen LogP contribution is 2.15. The normalized spacial score (nSPS) is 14.8. The third-order valence-corrected chi connectivity index (χ3v) is 4.16. The van der Waals surface area contributed by atoms with Crippen molar-refractivity contribution in [2.75, 3.05) is 44.2 Å². The molecule has 8 heteroatoms. The van der Waals surface area contributed by atoms with Gasteiger partial charge in [-0.1, -0.05) is 23.4 Å². The Balaban J connectivity index is 0.00000225. The maximum atomic E-state index is 11.6. The quantitative estimate of drug-likeness (QED) is 0.726. The molecule has 25 heavy (non-hydrogen) atoms. The van der Waals surface area contributed by atoms with Crippen molar-refractivity contribution in [2.24, 2.45) is 0 Å². The van der Waals surface area contributed by atoms with E-state index in [0.717, 1.165) is 39.3 Å². The molecule has 0 aliphatic carbocycles. The Morgan fingerprint density at radius 2 is 1.84 bits per heavy atom. The smallest absolute Gasteiger partial charge is 0.360 e. The molecule has 2 aromatic rings. The number of carbonyl (C=O) groups is 1. The van der Waals surface area contributed by atoms with Gasteiger partial charge in [0, 0.05) is 38.4 Å². The first-order valence-corrected chi connectivity index (χ1v) is 8.36. The Morgan fingerprint density at radius 1 is 1.12 bits per heavy atom. The minimum absolute atomic E-state index is 0. The summed E-state index contributed by atoms with van der Waals surface area (Å²) in [6.07, 6.45) is 1.65. The molecule has 0 bridgehead atoms. The second kappa shape index (κ2) is 9.39. The molecule has 1 aromatic heterocycles. The monoisotopic (exact) mass is 365 g/mol. The van der Waals surface area contributed by atoms with Gasteiger partial charge in [0.05, 0.1) is 19.3 Å². The van der Waals surface area contributed by atoms with Crippen molar-refractivity contribution in [3.05, 3.63) is 42.2 Å². The molecule has 7 nitrogen and oxygen atoms in total. The minimum atomic E-state index is -0.416.